The van der Waals surface area contributed by atoms with Gasteiger partial charge in [0.1, 0.15) is 0 Å². The number of hydrogen-bond donors (Lipinski definition) is 0. The molecule has 0 N–H and O–H groups in total. The Balaban J connectivity index is 1.84. The van der Waals surface area contributed by atoms with E-state index in [1.165, 1.54) is 0 Å². The summed E-state index contributed by atoms with van der Waals surface area (Å²) in [6, 6.07) is 0.129. The number of carbonyl (C=O) groups is 1. The van der Waals surface area contributed by atoms with Gasteiger partial charge in [-0.1, -0.05) is 12.1 Å². The maximum absolute atomic E-state index is 11.7. The average Bonchev–Trinajstić information content (AvgIpc) is 2.96. The minimum absolute atomic E-state index is 0.129. The molecule has 1 atom stereocenters. The highest BCUT2D eigenvalue weighted by molar-refractivity contribution is 5.77. The Morgan fingerprint density at radius 3 is 2.52 bits per heavy atom. The van der Waals surface area contributed by atoms with Gasteiger partial charge < -0.3 is 9.42 Å². The molecule has 7 nitrogen and oxygen atoms in total. The number of rotatable bonds is 5. The Hall–Kier alpha value is -1.47. The molecule has 1 aromatic heterocycles. The van der Waals surface area contributed by atoms with Crippen LogP contribution in [-0.4, -0.2) is 77.6 Å². The highest BCUT2D eigenvalue weighted by atomic mass is 16.5. The first-order chi connectivity index (χ1) is 10.0. The van der Waals surface area contributed by atoms with Crippen LogP contribution in [0.2, 0.25) is 0 Å². The second-order valence-electron chi connectivity index (χ2n) is 5.68. The third kappa shape index (κ3) is 4.01. The van der Waals surface area contributed by atoms with E-state index in [1.807, 2.05) is 6.92 Å². The number of likely N-dealkylation sites (N-methyl/N-ethyl adjacent to an activating group) is 1. The smallest absolute Gasteiger partial charge is 0.243 e. The molecule has 2 heterocycles. The van der Waals surface area contributed by atoms with Crippen molar-refractivity contribution in [2.24, 2.45) is 0 Å². The first-order valence-corrected chi connectivity index (χ1v) is 7.50. The van der Waals surface area contributed by atoms with Gasteiger partial charge in [-0.2, -0.15) is 4.98 Å². The van der Waals surface area contributed by atoms with Crippen molar-refractivity contribution in [1.82, 2.24) is 24.8 Å². The van der Waals surface area contributed by atoms with Crippen LogP contribution in [-0.2, 0) is 11.2 Å². The number of hydrogen-bond acceptors (Lipinski definition) is 6. The Morgan fingerprint density at radius 1 is 1.33 bits per heavy atom. The molecule has 1 saturated heterocycles. The van der Waals surface area contributed by atoms with Gasteiger partial charge in [-0.15, -0.1) is 0 Å². The Bertz CT molecular complexity index is 466. The largest absolute Gasteiger partial charge is 0.348 e. The standard InChI is InChI=1S/C14H25N5O2/c1-5-12-15-14(21-16-12)11(2)19-8-6-18(7-9-19)10-13(20)17(3)4/h11H,5-10H2,1-4H3/t11-/m0/s1. The zero-order valence-corrected chi connectivity index (χ0v) is 13.4. The predicted octanol–water partition coefficient (Wildman–Crippen LogP) is 0.399. The molecular weight excluding hydrogens is 270 g/mol. The van der Waals surface area contributed by atoms with Gasteiger partial charge in [0.25, 0.3) is 0 Å². The van der Waals surface area contributed by atoms with Crippen molar-refractivity contribution in [2.45, 2.75) is 26.3 Å². The normalized spacial score (nSPS) is 18.7. The molecule has 0 radical (unpaired) electrons. The van der Waals surface area contributed by atoms with Gasteiger partial charge in [-0.3, -0.25) is 14.6 Å². The van der Waals surface area contributed by atoms with Crippen molar-refractivity contribution in [1.29, 1.82) is 0 Å². The molecular formula is C14H25N5O2. The molecule has 21 heavy (non-hydrogen) atoms. The zero-order chi connectivity index (χ0) is 15.4. The summed E-state index contributed by atoms with van der Waals surface area (Å²) in [5.74, 6) is 1.60. The van der Waals surface area contributed by atoms with E-state index in [0.717, 1.165) is 38.4 Å². The molecule has 1 aliphatic rings. The molecule has 7 heteroatoms. The van der Waals surface area contributed by atoms with Crippen molar-refractivity contribution in [3.05, 3.63) is 11.7 Å². The Labute approximate surface area is 125 Å². The summed E-state index contributed by atoms with van der Waals surface area (Å²) in [5.41, 5.74) is 0. The van der Waals surface area contributed by atoms with Gasteiger partial charge in [0, 0.05) is 46.7 Å². The van der Waals surface area contributed by atoms with Crippen molar-refractivity contribution in [2.75, 3.05) is 46.8 Å². The first-order valence-electron chi connectivity index (χ1n) is 7.50. The van der Waals surface area contributed by atoms with E-state index in [-0.39, 0.29) is 11.9 Å². The summed E-state index contributed by atoms with van der Waals surface area (Å²) in [4.78, 5) is 22.3. The molecule has 0 bridgehead atoms. The molecule has 0 aromatic carbocycles. The van der Waals surface area contributed by atoms with E-state index in [1.54, 1.807) is 19.0 Å². The average molecular weight is 295 g/mol. The number of aryl methyl sites for hydroxylation is 1. The predicted molar refractivity (Wildman–Crippen MR) is 78.8 cm³/mol. The molecule has 1 aliphatic heterocycles. The second-order valence-corrected chi connectivity index (χ2v) is 5.68. The quantitative estimate of drug-likeness (QED) is 0.783. The number of carbonyl (C=O) groups excluding carboxylic acids is 1. The van der Waals surface area contributed by atoms with E-state index >= 15 is 0 Å². The lowest BCUT2D eigenvalue weighted by molar-refractivity contribution is -0.130. The highest BCUT2D eigenvalue weighted by Crippen LogP contribution is 2.20. The monoisotopic (exact) mass is 295 g/mol. The van der Waals surface area contributed by atoms with Crippen LogP contribution < -0.4 is 0 Å². The lowest BCUT2D eigenvalue weighted by atomic mass is 10.2. The van der Waals surface area contributed by atoms with Gasteiger partial charge in [-0.05, 0) is 6.92 Å². The lowest BCUT2D eigenvalue weighted by Gasteiger charge is -2.36. The minimum atomic E-state index is 0.129. The van der Waals surface area contributed by atoms with Crippen molar-refractivity contribution in [3.63, 3.8) is 0 Å². The number of nitrogens with zero attached hydrogens (tertiary/aromatic N) is 5. The number of aromatic nitrogens is 2. The van der Waals surface area contributed by atoms with Gasteiger partial charge in [0.2, 0.25) is 11.8 Å². The SMILES string of the molecule is CCc1noc([C@H](C)N2CCN(CC(=O)N(C)C)CC2)n1. The van der Waals surface area contributed by atoms with Gasteiger partial charge in [0.15, 0.2) is 5.82 Å². The fraction of sp³-hybridized carbons (Fsp3) is 0.786. The molecule has 2 rings (SSSR count). The van der Waals surface area contributed by atoms with Crippen LogP contribution in [0.4, 0.5) is 0 Å². The third-order valence-electron chi connectivity index (χ3n) is 3.97. The molecule has 0 aliphatic carbocycles. The van der Waals surface area contributed by atoms with Gasteiger partial charge in [0.05, 0.1) is 12.6 Å². The van der Waals surface area contributed by atoms with E-state index in [0.29, 0.717) is 12.4 Å². The molecule has 0 spiro atoms. The molecule has 0 saturated carbocycles. The zero-order valence-electron chi connectivity index (χ0n) is 13.4. The number of piperazine rings is 1. The first kappa shape index (κ1) is 15.9. The number of amides is 1. The molecule has 0 unspecified atom stereocenters. The van der Waals surface area contributed by atoms with Gasteiger partial charge >= 0.3 is 0 Å². The van der Waals surface area contributed by atoms with Crippen molar-refractivity contribution >= 4 is 5.91 Å². The summed E-state index contributed by atoms with van der Waals surface area (Å²) >= 11 is 0. The Morgan fingerprint density at radius 2 is 2.00 bits per heavy atom. The van der Waals surface area contributed by atoms with Crippen LogP contribution in [0, 0.1) is 0 Å². The second kappa shape index (κ2) is 7.00. The topological polar surface area (TPSA) is 65.7 Å². The minimum Gasteiger partial charge on any atom is -0.348 e. The van der Waals surface area contributed by atoms with E-state index in [4.69, 9.17) is 4.52 Å². The van der Waals surface area contributed by atoms with Crippen molar-refractivity contribution < 1.29 is 9.32 Å². The third-order valence-corrected chi connectivity index (χ3v) is 3.97. The summed E-state index contributed by atoms with van der Waals surface area (Å²) in [6.07, 6.45) is 0.788. The van der Waals surface area contributed by atoms with Crippen LogP contribution in [0.15, 0.2) is 4.52 Å². The highest BCUT2D eigenvalue weighted by Gasteiger charge is 2.26. The van der Waals surface area contributed by atoms with Crippen LogP contribution in [0.1, 0.15) is 31.6 Å². The summed E-state index contributed by atoms with van der Waals surface area (Å²) in [5, 5.41) is 3.95. The van der Waals surface area contributed by atoms with Crippen LogP contribution >= 0.6 is 0 Å². The summed E-state index contributed by atoms with van der Waals surface area (Å²) in [7, 11) is 3.59. The van der Waals surface area contributed by atoms with Gasteiger partial charge in [-0.25, -0.2) is 0 Å². The van der Waals surface area contributed by atoms with E-state index in [2.05, 4.69) is 26.9 Å². The fourth-order valence-corrected chi connectivity index (χ4v) is 2.38. The van der Waals surface area contributed by atoms with Crippen LogP contribution in [0.25, 0.3) is 0 Å². The lowest BCUT2D eigenvalue weighted by Crippen LogP contribution is -2.49. The van der Waals surface area contributed by atoms with Crippen LogP contribution in [0.5, 0.6) is 0 Å². The van der Waals surface area contributed by atoms with E-state index in [9.17, 15) is 4.79 Å². The molecule has 1 aromatic rings. The fourth-order valence-electron chi connectivity index (χ4n) is 2.38. The molecule has 118 valence electrons. The molecule has 1 fully saturated rings. The molecule has 1 amide bonds. The summed E-state index contributed by atoms with van der Waals surface area (Å²) in [6.45, 7) is 8.19. The summed E-state index contributed by atoms with van der Waals surface area (Å²) < 4.78 is 5.32. The maximum Gasteiger partial charge on any atom is 0.243 e. The maximum atomic E-state index is 11.7. The van der Waals surface area contributed by atoms with Crippen molar-refractivity contribution in [3.8, 4) is 0 Å². The van der Waals surface area contributed by atoms with Crippen LogP contribution in [0.3, 0.4) is 0 Å². The Kier molecular flexibility index (Phi) is 5.30. The van der Waals surface area contributed by atoms with E-state index < -0.39 is 0 Å².